The molecular formula is C13H7BrF2O2. The van der Waals surface area contributed by atoms with Crippen molar-refractivity contribution < 1.29 is 18.3 Å². The summed E-state index contributed by atoms with van der Waals surface area (Å²) in [5.74, 6) is -1.41. The Labute approximate surface area is 110 Å². The lowest BCUT2D eigenvalue weighted by Crippen LogP contribution is -1.93. The number of halogens is 3. The maximum Gasteiger partial charge on any atom is 0.166 e. The summed E-state index contributed by atoms with van der Waals surface area (Å²) in [6.07, 6.45) is 0.581. The van der Waals surface area contributed by atoms with Crippen molar-refractivity contribution >= 4 is 22.2 Å². The van der Waals surface area contributed by atoms with Crippen LogP contribution in [0, 0.1) is 11.6 Å². The molecule has 0 unspecified atom stereocenters. The second kappa shape index (κ2) is 5.27. The van der Waals surface area contributed by atoms with Crippen LogP contribution in [0.3, 0.4) is 0 Å². The van der Waals surface area contributed by atoms with Gasteiger partial charge in [0.15, 0.2) is 17.9 Å². The Morgan fingerprint density at radius 1 is 1.06 bits per heavy atom. The number of hydrogen-bond donors (Lipinski definition) is 0. The first kappa shape index (κ1) is 12.7. The fraction of sp³-hybridized carbons (Fsp3) is 0. The molecule has 2 rings (SSSR count). The normalized spacial score (nSPS) is 10.2. The molecule has 0 aliphatic heterocycles. The van der Waals surface area contributed by atoms with Crippen molar-refractivity contribution in [2.24, 2.45) is 0 Å². The molecule has 92 valence electrons. The molecule has 0 N–H and O–H groups in total. The number of carbonyl (C=O) groups excluding carboxylic acids is 1. The van der Waals surface area contributed by atoms with E-state index in [1.807, 2.05) is 0 Å². The van der Waals surface area contributed by atoms with Gasteiger partial charge in [-0.2, -0.15) is 0 Å². The largest absolute Gasteiger partial charge is 0.453 e. The summed E-state index contributed by atoms with van der Waals surface area (Å²) in [6, 6.07) is 7.54. The van der Waals surface area contributed by atoms with Crippen LogP contribution >= 0.6 is 15.9 Å². The standard InChI is InChI=1S/C13H7BrF2O2/c14-9-1-4-12(8(5-9)7-17)18-13-6-10(15)2-3-11(13)16/h1-7H. The predicted molar refractivity (Wildman–Crippen MR) is 66.0 cm³/mol. The Kier molecular flexibility index (Phi) is 3.72. The number of hydrogen-bond acceptors (Lipinski definition) is 2. The number of ether oxygens (including phenoxy) is 1. The first-order chi connectivity index (χ1) is 8.60. The lowest BCUT2D eigenvalue weighted by atomic mass is 10.2. The van der Waals surface area contributed by atoms with Gasteiger partial charge in [-0.15, -0.1) is 0 Å². The maximum absolute atomic E-state index is 13.4. The molecule has 18 heavy (non-hydrogen) atoms. The van der Waals surface area contributed by atoms with Gasteiger partial charge in [-0.3, -0.25) is 4.79 Å². The van der Waals surface area contributed by atoms with Crippen molar-refractivity contribution in [1.82, 2.24) is 0 Å². The Bertz CT molecular complexity index is 600. The second-order valence-corrected chi connectivity index (χ2v) is 4.39. The minimum absolute atomic E-state index is 0.165. The SMILES string of the molecule is O=Cc1cc(Br)ccc1Oc1cc(F)ccc1F. The van der Waals surface area contributed by atoms with Gasteiger partial charge >= 0.3 is 0 Å². The Balaban J connectivity index is 2.39. The molecule has 0 bridgehead atoms. The van der Waals surface area contributed by atoms with E-state index in [1.165, 1.54) is 12.1 Å². The fourth-order valence-corrected chi connectivity index (χ4v) is 1.76. The van der Waals surface area contributed by atoms with Gasteiger partial charge in [0, 0.05) is 10.5 Å². The van der Waals surface area contributed by atoms with Crippen LogP contribution in [-0.4, -0.2) is 6.29 Å². The molecule has 0 aliphatic rings. The molecule has 0 spiro atoms. The van der Waals surface area contributed by atoms with Crippen LogP contribution < -0.4 is 4.74 Å². The van der Waals surface area contributed by atoms with Crippen molar-refractivity contribution in [2.75, 3.05) is 0 Å². The predicted octanol–water partition coefficient (Wildman–Crippen LogP) is 4.33. The average molecular weight is 313 g/mol. The van der Waals surface area contributed by atoms with Gasteiger partial charge in [-0.05, 0) is 30.3 Å². The quantitative estimate of drug-likeness (QED) is 0.788. The van der Waals surface area contributed by atoms with Crippen LogP contribution in [0.15, 0.2) is 40.9 Å². The minimum atomic E-state index is -0.698. The molecule has 2 aromatic rings. The van der Waals surface area contributed by atoms with Gasteiger partial charge < -0.3 is 4.74 Å². The van der Waals surface area contributed by atoms with Crippen molar-refractivity contribution in [3.8, 4) is 11.5 Å². The van der Waals surface area contributed by atoms with Crippen LogP contribution in [0.4, 0.5) is 8.78 Å². The first-order valence-corrected chi connectivity index (χ1v) is 5.77. The van der Waals surface area contributed by atoms with E-state index in [1.54, 1.807) is 6.07 Å². The fourth-order valence-electron chi connectivity index (χ4n) is 1.38. The van der Waals surface area contributed by atoms with Gasteiger partial charge in [0.1, 0.15) is 11.6 Å². The molecule has 0 fully saturated rings. The summed E-state index contributed by atoms with van der Waals surface area (Å²) in [5.41, 5.74) is 0.244. The zero-order chi connectivity index (χ0) is 13.1. The third-order valence-electron chi connectivity index (χ3n) is 2.21. The summed E-state index contributed by atoms with van der Waals surface area (Å²) in [7, 11) is 0. The van der Waals surface area contributed by atoms with Crippen molar-refractivity contribution in [1.29, 1.82) is 0 Å². The number of rotatable bonds is 3. The van der Waals surface area contributed by atoms with E-state index in [9.17, 15) is 13.6 Å². The molecule has 0 saturated heterocycles. The van der Waals surface area contributed by atoms with Crippen LogP contribution in [0.25, 0.3) is 0 Å². The van der Waals surface area contributed by atoms with Crippen molar-refractivity contribution in [3.63, 3.8) is 0 Å². The third-order valence-corrected chi connectivity index (χ3v) is 2.71. The second-order valence-electron chi connectivity index (χ2n) is 3.48. The molecule has 0 atom stereocenters. The highest BCUT2D eigenvalue weighted by Crippen LogP contribution is 2.29. The molecular weight excluding hydrogens is 306 g/mol. The average Bonchev–Trinajstić information content (AvgIpc) is 2.36. The molecule has 0 aromatic heterocycles. The molecule has 2 nitrogen and oxygen atoms in total. The smallest absolute Gasteiger partial charge is 0.166 e. The van der Waals surface area contributed by atoms with Crippen LogP contribution in [0.2, 0.25) is 0 Å². The molecule has 0 aliphatic carbocycles. The van der Waals surface area contributed by atoms with E-state index >= 15 is 0 Å². The van der Waals surface area contributed by atoms with E-state index in [0.717, 1.165) is 18.2 Å². The Morgan fingerprint density at radius 3 is 2.56 bits per heavy atom. The zero-order valence-electron chi connectivity index (χ0n) is 8.99. The van der Waals surface area contributed by atoms with Gasteiger partial charge in [0.05, 0.1) is 5.56 Å². The number of carbonyl (C=O) groups is 1. The molecule has 0 radical (unpaired) electrons. The van der Waals surface area contributed by atoms with Crippen LogP contribution in [0.5, 0.6) is 11.5 Å². The Morgan fingerprint density at radius 2 is 1.83 bits per heavy atom. The maximum atomic E-state index is 13.4. The minimum Gasteiger partial charge on any atom is -0.453 e. The summed E-state index contributed by atoms with van der Waals surface area (Å²) in [6.45, 7) is 0. The van der Waals surface area contributed by atoms with Gasteiger partial charge in [-0.25, -0.2) is 8.78 Å². The van der Waals surface area contributed by atoms with E-state index in [4.69, 9.17) is 4.74 Å². The zero-order valence-corrected chi connectivity index (χ0v) is 10.6. The Hall–Kier alpha value is -1.75. The summed E-state index contributed by atoms with van der Waals surface area (Å²) >= 11 is 3.20. The van der Waals surface area contributed by atoms with Gasteiger partial charge in [0.2, 0.25) is 0 Å². The topological polar surface area (TPSA) is 26.3 Å². The lowest BCUT2D eigenvalue weighted by molar-refractivity contribution is 0.112. The van der Waals surface area contributed by atoms with Gasteiger partial charge in [-0.1, -0.05) is 15.9 Å². The highest BCUT2D eigenvalue weighted by molar-refractivity contribution is 9.10. The molecule has 0 saturated carbocycles. The molecule has 5 heteroatoms. The third kappa shape index (κ3) is 2.73. The highest BCUT2D eigenvalue weighted by Gasteiger charge is 2.09. The lowest BCUT2D eigenvalue weighted by Gasteiger charge is -2.09. The summed E-state index contributed by atoms with van der Waals surface area (Å²) in [5, 5.41) is 0. The van der Waals surface area contributed by atoms with E-state index < -0.39 is 11.6 Å². The summed E-state index contributed by atoms with van der Waals surface area (Å²) < 4.78 is 32.2. The monoisotopic (exact) mass is 312 g/mol. The molecule has 2 aromatic carbocycles. The van der Waals surface area contributed by atoms with Gasteiger partial charge in [0.25, 0.3) is 0 Å². The van der Waals surface area contributed by atoms with E-state index in [-0.39, 0.29) is 17.1 Å². The van der Waals surface area contributed by atoms with Crippen LogP contribution in [-0.2, 0) is 0 Å². The van der Waals surface area contributed by atoms with Crippen LogP contribution in [0.1, 0.15) is 10.4 Å². The molecule has 0 amide bonds. The number of benzene rings is 2. The molecule has 0 heterocycles. The highest BCUT2D eigenvalue weighted by atomic mass is 79.9. The summed E-state index contributed by atoms with van der Waals surface area (Å²) in [4.78, 5) is 10.9. The van der Waals surface area contributed by atoms with E-state index in [0.29, 0.717) is 10.8 Å². The van der Waals surface area contributed by atoms with Crippen molar-refractivity contribution in [2.45, 2.75) is 0 Å². The first-order valence-electron chi connectivity index (χ1n) is 4.98. The van der Waals surface area contributed by atoms with Crippen molar-refractivity contribution in [3.05, 3.63) is 58.1 Å². The number of aldehydes is 1. The van der Waals surface area contributed by atoms with E-state index in [2.05, 4.69) is 15.9 Å².